The van der Waals surface area contributed by atoms with Gasteiger partial charge < -0.3 is 10.2 Å². The Morgan fingerprint density at radius 3 is 1.52 bits per heavy atom. The van der Waals surface area contributed by atoms with Crippen LogP contribution in [-0.4, -0.2) is 28.2 Å². The van der Waals surface area contributed by atoms with Gasteiger partial charge in [0.2, 0.25) is 0 Å². The Morgan fingerprint density at radius 2 is 1.13 bits per heavy atom. The molecule has 0 aliphatic heterocycles. The van der Waals surface area contributed by atoms with E-state index < -0.39 is 12.2 Å². The summed E-state index contributed by atoms with van der Waals surface area (Å²) in [4.78, 5) is 11.6. The molecular weight excluding hydrogens is 288 g/mol. The first-order valence-electron chi connectivity index (χ1n) is 9.95. The number of carbonyl (C=O) groups excluding carboxylic acids is 1. The molecule has 0 saturated carbocycles. The molecule has 2 atom stereocenters. The Balaban J connectivity index is 3.20. The molecule has 0 amide bonds. The monoisotopic (exact) mass is 328 g/mol. The molecule has 23 heavy (non-hydrogen) atoms. The van der Waals surface area contributed by atoms with Gasteiger partial charge in [-0.15, -0.1) is 0 Å². The first-order chi connectivity index (χ1) is 11.1. The summed E-state index contributed by atoms with van der Waals surface area (Å²) in [7, 11) is 0. The predicted molar refractivity (Wildman–Crippen MR) is 97.6 cm³/mol. The van der Waals surface area contributed by atoms with Crippen molar-refractivity contribution in [2.45, 2.75) is 122 Å². The van der Waals surface area contributed by atoms with Gasteiger partial charge in [-0.3, -0.25) is 4.79 Å². The van der Waals surface area contributed by atoms with E-state index >= 15 is 0 Å². The second-order valence-corrected chi connectivity index (χ2v) is 7.04. The number of rotatable bonds is 17. The molecule has 0 saturated heterocycles. The van der Waals surface area contributed by atoms with E-state index in [9.17, 15) is 9.90 Å². The zero-order chi connectivity index (χ0) is 17.3. The summed E-state index contributed by atoms with van der Waals surface area (Å²) >= 11 is 0. The van der Waals surface area contributed by atoms with Gasteiger partial charge in [-0.25, -0.2) is 0 Å². The van der Waals surface area contributed by atoms with Crippen LogP contribution in [0.25, 0.3) is 0 Å². The molecule has 0 aliphatic rings. The fourth-order valence-corrected chi connectivity index (χ4v) is 2.85. The van der Waals surface area contributed by atoms with Gasteiger partial charge in [-0.1, -0.05) is 84.0 Å². The highest BCUT2D eigenvalue weighted by Crippen LogP contribution is 2.13. The first-order valence-corrected chi connectivity index (χ1v) is 9.95. The van der Waals surface area contributed by atoms with E-state index in [4.69, 9.17) is 5.11 Å². The van der Waals surface area contributed by atoms with E-state index in [1.165, 1.54) is 77.6 Å². The molecule has 0 spiro atoms. The molecule has 0 aromatic heterocycles. The highest BCUT2D eigenvalue weighted by molar-refractivity contribution is 5.78. The van der Waals surface area contributed by atoms with E-state index in [1.807, 2.05) is 0 Å². The van der Waals surface area contributed by atoms with Crippen molar-refractivity contribution in [3.05, 3.63) is 0 Å². The van der Waals surface area contributed by atoms with Crippen molar-refractivity contribution in [2.24, 2.45) is 0 Å². The second-order valence-electron chi connectivity index (χ2n) is 7.04. The van der Waals surface area contributed by atoms with Crippen molar-refractivity contribution >= 4 is 5.78 Å². The number of ketones is 1. The SMILES string of the molecule is CCCCCCCCCCCCCCCC(=O)CC(O)[C@H](C)O. The van der Waals surface area contributed by atoms with Crippen LogP contribution in [0.1, 0.15) is 110 Å². The van der Waals surface area contributed by atoms with Crippen LogP contribution in [0.4, 0.5) is 0 Å². The van der Waals surface area contributed by atoms with Gasteiger partial charge in [0.15, 0.2) is 0 Å². The Kier molecular flexibility index (Phi) is 16.2. The van der Waals surface area contributed by atoms with Crippen molar-refractivity contribution in [3.63, 3.8) is 0 Å². The van der Waals surface area contributed by atoms with Gasteiger partial charge in [0.25, 0.3) is 0 Å². The lowest BCUT2D eigenvalue weighted by Gasteiger charge is -2.12. The molecule has 138 valence electrons. The minimum Gasteiger partial charge on any atom is -0.391 e. The zero-order valence-corrected chi connectivity index (χ0v) is 15.6. The summed E-state index contributed by atoms with van der Waals surface area (Å²) in [6, 6.07) is 0. The number of Topliss-reactive ketones (excluding diaryl/α,β-unsaturated/α-hetero) is 1. The van der Waals surface area contributed by atoms with Crippen LogP contribution in [0.2, 0.25) is 0 Å². The van der Waals surface area contributed by atoms with Gasteiger partial charge in [0.1, 0.15) is 5.78 Å². The average Bonchev–Trinajstić information content (AvgIpc) is 2.51. The lowest BCUT2D eigenvalue weighted by molar-refractivity contribution is -0.122. The molecule has 0 aromatic rings. The Hall–Kier alpha value is -0.410. The van der Waals surface area contributed by atoms with Gasteiger partial charge in [0, 0.05) is 12.8 Å². The molecule has 0 radical (unpaired) electrons. The maximum Gasteiger partial charge on any atom is 0.135 e. The summed E-state index contributed by atoms with van der Waals surface area (Å²) in [6.07, 6.45) is 15.8. The molecule has 0 rings (SSSR count). The number of aliphatic hydroxyl groups is 2. The number of hydrogen-bond acceptors (Lipinski definition) is 3. The predicted octanol–water partition coefficient (Wildman–Crippen LogP) is 5.17. The minimum absolute atomic E-state index is 0.0708. The molecule has 2 N–H and O–H groups in total. The number of hydrogen-bond donors (Lipinski definition) is 2. The van der Waals surface area contributed by atoms with Crippen molar-refractivity contribution in [1.82, 2.24) is 0 Å². The van der Waals surface area contributed by atoms with Crippen LogP contribution in [0, 0.1) is 0 Å². The van der Waals surface area contributed by atoms with Crippen molar-refractivity contribution < 1.29 is 15.0 Å². The van der Waals surface area contributed by atoms with Gasteiger partial charge in [-0.2, -0.15) is 0 Å². The van der Waals surface area contributed by atoms with Crippen LogP contribution in [0.15, 0.2) is 0 Å². The van der Waals surface area contributed by atoms with Crippen molar-refractivity contribution in [3.8, 4) is 0 Å². The summed E-state index contributed by atoms with van der Waals surface area (Å²) in [5.74, 6) is 0.0708. The van der Waals surface area contributed by atoms with Crippen LogP contribution in [-0.2, 0) is 4.79 Å². The normalized spacial score (nSPS) is 13.9. The largest absolute Gasteiger partial charge is 0.391 e. The summed E-state index contributed by atoms with van der Waals surface area (Å²) in [6.45, 7) is 3.78. The van der Waals surface area contributed by atoms with E-state index in [2.05, 4.69) is 6.92 Å². The third-order valence-electron chi connectivity index (χ3n) is 4.55. The molecule has 0 heterocycles. The molecule has 0 aromatic carbocycles. The summed E-state index contributed by atoms with van der Waals surface area (Å²) in [5, 5.41) is 18.6. The van der Waals surface area contributed by atoms with E-state index in [1.54, 1.807) is 0 Å². The van der Waals surface area contributed by atoms with E-state index in [0.29, 0.717) is 6.42 Å². The van der Waals surface area contributed by atoms with Crippen molar-refractivity contribution in [2.75, 3.05) is 0 Å². The quantitative estimate of drug-likeness (QED) is 0.362. The fourth-order valence-electron chi connectivity index (χ4n) is 2.85. The molecular formula is C20H40O3. The molecule has 1 unspecified atom stereocenters. The number of unbranched alkanes of at least 4 members (excludes halogenated alkanes) is 12. The van der Waals surface area contributed by atoms with Gasteiger partial charge >= 0.3 is 0 Å². The fraction of sp³-hybridized carbons (Fsp3) is 0.950. The highest BCUT2D eigenvalue weighted by atomic mass is 16.3. The number of aliphatic hydroxyl groups excluding tert-OH is 2. The molecule has 3 nitrogen and oxygen atoms in total. The Labute approximate surface area is 143 Å². The van der Waals surface area contributed by atoms with E-state index in [-0.39, 0.29) is 12.2 Å². The smallest absolute Gasteiger partial charge is 0.135 e. The third-order valence-corrected chi connectivity index (χ3v) is 4.55. The molecule has 0 fully saturated rings. The van der Waals surface area contributed by atoms with E-state index in [0.717, 1.165) is 12.8 Å². The maximum absolute atomic E-state index is 11.6. The highest BCUT2D eigenvalue weighted by Gasteiger charge is 2.14. The van der Waals surface area contributed by atoms with Crippen molar-refractivity contribution in [1.29, 1.82) is 0 Å². The van der Waals surface area contributed by atoms with Crippen LogP contribution >= 0.6 is 0 Å². The second kappa shape index (κ2) is 16.4. The molecule has 3 heteroatoms. The maximum atomic E-state index is 11.6. The van der Waals surface area contributed by atoms with Crippen LogP contribution in [0.3, 0.4) is 0 Å². The van der Waals surface area contributed by atoms with Gasteiger partial charge in [0.05, 0.1) is 12.2 Å². The lowest BCUT2D eigenvalue weighted by atomic mass is 10.0. The van der Waals surface area contributed by atoms with Crippen LogP contribution < -0.4 is 0 Å². The summed E-state index contributed by atoms with van der Waals surface area (Å²) < 4.78 is 0. The zero-order valence-electron chi connectivity index (χ0n) is 15.6. The summed E-state index contributed by atoms with van der Waals surface area (Å²) in [5.41, 5.74) is 0. The minimum atomic E-state index is -0.899. The van der Waals surface area contributed by atoms with Gasteiger partial charge in [-0.05, 0) is 13.3 Å². The standard InChI is InChI=1S/C20H40O3/c1-3-4-5-6-7-8-9-10-11-12-13-14-15-16-19(22)17-20(23)18(2)21/h18,20-21,23H,3-17H2,1-2H3/t18-,20?/m0/s1. The Bertz CT molecular complexity index is 264. The molecule has 0 bridgehead atoms. The Morgan fingerprint density at radius 1 is 0.739 bits per heavy atom. The number of carbonyl (C=O) groups is 1. The first kappa shape index (κ1) is 22.6. The average molecular weight is 329 g/mol. The van der Waals surface area contributed by atoms with Crippen LogP contribution in [0.5, 0.6) is 0 Å². The lowest BCUT2D eigenvalue weighted by Crippen LogP contribution is -2.25. The molecule has 0 aliphatic carbocycles. The third kappa shape index (κ3) is 16.2. The topological polar surface area (TPSA) is 57.5 Å².